The quantitative estimate of drug-likeness (QED) is 0.898. The van der Waals surface area contributed by atoms with Crippen molar-refractivity contribution >= 4 is 25.8 Å². The van der Waals surface area contributed by atoms with Gasteiger partial charge in [0.15, 0.2) is 9.84 Å². The molecule has 1 aromatic rings. The van der Waals surface area contributed by atoms with Gasteiger partial charge in [-0.05, 0) is 31.2 Å². The van der Waals surface area contributed by atoms with Crippen LogP contribution in [0.15, 0.2) is 28.7 Å². The van der Waals surface area contributed by atoms with E-state index in [-0.39, 0.29) is 17.5 Å². The zero-order chi connectivity index (χ0) is 14.0. The third kappa shape index (κ3) is 4.02. The van der Waals surface area contributed by atoms with Crippen LogP contribution in [-0.2, 0) is 9.84 Å². The third-order valence-electron chi connectivity index (χ3n) is 3.55. The molecule has 19 heavy (non-hydrogen) atoms. The molecule has 1 aliphatic heterocycles. The summed E-state index contributed by atoms with van der Waals surface area (Å²) in [5, 5.41) is 10.2. The number of benzene rings is 1. The number of aliphatic hydroxyl groups excluding tert-OH is 1. The van der Waals surface area contributed by atoms with Crippen molar-refractivity contribution in [1.29, 1.82) is 0 Å². The lowest BCUT2D eigenvalue weighted by molar-refractivity contribution is 0.110. The summed E-state index contributed by atoms with van der Waals surface area (Å²) < 4.78 is 23.9. The van der Waals surface area contributed by atoms with E-state index >= 15 is 0 Å². The van der Waals surface area contributed by atoms with Gasteiger partial charge in [0.05, 0.1) is 17.6 Å². The molecule has 1 aromatic carbocycles. The number of aliphatic hydroxyl groups is 1. The van der Waals surface area contributed by atoms with Gasteiger partial charge >= 0.3 is 0 Å². The summed E-state index contributed by atoms with van der Waals surface area (Å²) in [5.74, 6) is 0.465. The molecule has 2 atom stereocenters. The fourth-order valence-corrected chi connectivity index (χ4v) is 4.40. The van der Waals surface area contributed by atoms with Crippen LogP contribution in [0.4, 0.5) is 0 Å². The number of halogens is 1. The predicted molar refractivity (Wildman–Crippen MR) is 78.8 cm³/mol. The van der Waals surface area contributed by atoms with Crippen molar-refractivity contribution in [2.24, 2.45) is 0 Å². The number of rotatable bonds is 4. The molecule has 0 aromatic heterocycles. The molecule has 1 N–H and O–H groups in total. The van der Waals surface area contributed by atoms with Crippen molar-refractivity contribution in [3.8, 4) is 0 Å². The molecule has 2 rings (SSSR count). The van der Waals surface area contributed by atoms with Crippen LogP contribution in [0.2, 0.25) is 0 Å². The van der Waals surface area contributed by atoms with Gasteiger partial charge in [0.2, 0.25) is 0 Å². The van der Waals surface area contributed by atoms with Crippen LogP contribution in [0, 0.1) is 0 Å². The molecule has 106 valence electrons. The number of likely N-dealkylation sites (N-methyl/N-ethyl adjacent to an activating group) is 1. The summed E-state index contributed by atoms with van der Waals surface area (Å²) in [7, 11) is -1.01. The molecular weight excluding hydrogens is 330 g/mol. The first-order valence-corrected chi connectivity index (χ1v) is 8.83. The number of sulfone groups is 1. The van der Waals surface area contributed by atoms with Gasteiger partial charge in [0.1, 0.15) is 0 Å². The monoisotopic (exact) mass is 347 g/mol. The summed E-state index contributed by atoms with van der Waals surface area (Å²) >= 11 is 3.35. The lowest BCUT2D eigenvalue weighted by Crippen LogP contribution is -2.35. The summed E-state index contributed by atoms with van der Waals surface area (Å²) in [6.07, 6.45) is 0.0627. The van der Waals surface area contributed by atoms with Crippen LogP contribution < -0.4 is 0 Å². The Bertz CT molecular complexity index is 529. The van der Waals surface area contributed by atoms with Crippen LogP contribution >= 0.6 is 15.9 Å². The van der Waals surface area contributed by atoms with E-state index in [0.717, 1.165) is 10.0 Å². The van der Waals surface area contributed by atoms with Crippen molar-refractivity contribution in [3.63, 3.8) is 0 Å². The predicted octanol–water partition coefficient (Wildman–Crippen LogP) is 1.60. The van der Waals surface area contributed by atoms with E-state index < -0.39 is 15.9 Å². The highest BCUT2D eigenvalue weighted by molar-refractivity contribution is 9.10. The largest absolute Gasteiger partial charge is 0.387 e. The molecule has 0 spiro atoms. The molecule has 1 heterocycles. The topological polar surface area (TPSA) is 57.6 Å². The van der Waals surface area contributed by atoms with E-state index in [1.54, 1.807) is 0 Å². The molecular formula is C13H18BrNO3S. The Kier molecular flexibility index (Phi) is 4.66. The smallest absolute Gasteiger partial charge is 0.151 e. The molecule has 0 unspecified atom stereocenters. The van der Waals surface area contributed by atoms with Gasteiger partial charge in [0.25, 0.3) is 0 Å². The van der Waals surface area contributed by atoms with Gasteiger partial charge in [-0.15, -0.1) is 0 Å². The SMILES string of the molecule is CN(C[C@H](O)c1ccc(Br)cc1)[C@@H]1CCS(=O)(=O)C1. The molecule has 1 saturated heterocycles. The summed E-state index contributed by atoms with van der Waals surface area (Å²) in [5.41, 5.74) is 0.843. The fourth-order valence-electron chi connectivity index (χ4n) is 2.34. The van der Waals surface area contributed by atoms with E-state index in [4.69, 9.17) is 0 Å². The fraction of sp³-hybridized carbons (Fsp3) is 0.538. The van der Waals surface area contributed by atoms with Gasteiger partial charge in [-0.25, -0.2) is 8.42 Å². The highest BCUT2D eigenvalue weighted by Crippen LogP contribution is 2.21. The Morgan fingerprint density at radius 1 is 1.42 bits per heavy atom. The minimum absolute atomic E-state index is 0.0232. The maximum absolute atomic E-state index is 11.4. The molecule has 6 heteroatoms. The van der Waals surface area contributed by atoms with Crippen LogP contribution in [-0.4, -0.2) is 49.6 Å². The van der Waals surface area contributed by atoms with Crippen molar-refractivity contribution < 1.29 is 13.5 Å². The Morgan fingerprint density at radius 2 is 2.05 bits per heavy atom. The van der Waals surface area contributed by atoms with E-state index in [9.17, 15) is 13.5 Å². The van der Waals surface area contributed by atoms with Gasteiger partial charge < -0.3 is 5.11 Å². The second-order valence-corrected chi connectivity index (χ2v) is 8.21. The lowest BCUT2D eigenvalue weighted by Gasteiger charge is -2.25. The van der Waals surface area contributed by atoms with Gasteiger partial charge in [0, 0.05) is 17.1 Å². The Balaban J connectivity index is 1.95. The van der Waals surface area contributed by atoms with Crippen molar-refractivity contribution in [1.82, 2.24) is 4.90 Å². The van der Waals surface area contributed by atoms with Crippen LogP contribution in [0.25, 0.3) is 0 Å². The number of nitrogens with zero attached hydrogens (tertiary/aromatic N) is 1. The lowest BCUT2D eigenvalue weighted by atomic mass is 10.1. The Labute approximate surface area is 122 Å². The maximum atomic E-state index is 11.4. The van der Waals surface area contributed by atoms with Crippen molar-refractivity contribution in [3.05, 3.63) is 34.3 Å². The zero-order valence-electron chi connectivity index (χ0n) is 10.8. The first-order chi connectivity index (χ1) is 8.87. The zero-order valence-corrected chi connectivity index (χ0v) is 13.2. The molecule has 0 radical (unpaired) electrons. The first-order valence-electron chi connectivity index (χ1n) is 6.21. The molecule has 0 amide bonds. The van der Waals surface area contributed by atoms with Gasteiger partial charge in [-0.3, -0.25) is 4.90 Å². The Morgan fingerprint density at radius 3 is 2.58 bits per heavy atom. The molecule has 0 saturated carbocycles. The highest BCUT2D eigenvalue weighted by atomic mass is 79.9. The van der Waals surface area contributed by atoms with Crippen LogP contribution in [0.5, 0.6) is 0 Å². The minimum Gasteiger partial charge on any atom is -0.387 e. The number of hydrogen-bond donors (Lipinski definition) is 1. The highest BCUT2D eigenvalue weighted by Gasteiger charge is 2.31. The van der Waals surface area contributed by atoms with E-state index in [1.165, 1.54) is 0 Å². The normalized spacial score (nSPS) is 23.7. The molecule has 0 bridgehead atoms. The average Bonchev–Trinajstić information content (AvgIpc) is 2.70. The second kappa shape index (κ2) is 5.91. The third-order valence-corrected chi connectivity index (χ3v) is 5.83. The van der Waals surface area contributed by atoms with Gasteiger partial charge in [-0.1, -0.05) is 28.1 Å². The minimum atomic E-state index is -2.88. The standard InChI is InChI=1S/C13H18BrNO3S/c1-15(12-6-7-19(17,18)9-12)8-13(16)10-2-4-11(14)5-3-10/h2-5,12-13,16H,6-9H2,1H3/t12-,13+/m1/s1. The van der Waals surface area contributed by atoms with Crippen molar-refractivity contribution in [2.45, 2.75) is 18.6 Å². The molecule has 0 aliphatic carbocycles. The van der Waals surface area contributed by atoms with E-state index in [2.05, 4.69) is 15.9 Å². The van der Waals surface area contributed by atoms with Crippen LogP contribution in [0.1, 0.15) is 18.1 Å². The maximum Gasteiger partial charge on any atom is 0.151 e. The molecule has 4 nitrogen and oxygen atoms in total. The number of hydrogen-bond acceptors (Lipinski definition) is 4. The van der Waals surface area contributed by atoms with Crippen LogP contribution in [0.3, 0.4) is 0 Å². The van der Waals surface area contributed by atoms with E-state index in [0.29, 0.717) is 13.0 Å². The molecule has 1 aliphatic rings. The Hall–Kier alpha value is -0.430. The van der Waals surface area contributed by atoms with E-state index in [1.807, 2.05) is 36.2 Å². The van der Waals surface area contributed by atoms with Crippen molar-refractivity contribution in [2.75, 3.05) is 25.1 Å². The van der Waals surface area contributed by atoms with Gasteiger partial charge in [-0.2, -0.15) is 0 Å². The average molecular weight is 348 g/mol. The second-order valence-electron chi connectivity index (χ2n) is 5.06. The summed E-state index contributed by atoms with van der Waals surface area (Å²) in [4.78, 5) is 1.94. The first kappa shape index (κ1) is 15.0. The summed E-state index contributed by atoms with van der Waals surface area (Å²) in [6, 6.07) is 7.54. The molecule has 1 fully saturated rings. The summed E-state index contributed by atoms with van der Waals surface area (Å²) in [6.45, 7) is 0.446.